The van der Waals surface area contributed by atoms with Crippen molar-refractivity contribution in [1.29, 1.82) is 0 Å². The fourth-order valence-electron chi connectivity index (χ4n) is 0.655. The first kappa shape index (κ1) is 18.8. The average Bonchev–Trinajstić information content (AvgIpc) is 1.92. The monoisotopic (exact) mass is 358 g/mol. The van der Waals surface area contributed by atoms with Crippen LogP contribution < -0.4 is 79.1 Å². The minimum atomic E-state index is -4.62. The molecule has 0 saturated heterocycles. The maximum atomic E-state index is 10.5. The SMILES string of the molecule is [Na+].[Na+].[O-][P+]([O-])([O-])c1ccc(Br)c(Br)c1. The van der Waals surface area contributed by atoms with E-state index < -0.39 is 7.94 Å². The van der Waals surface area contributed by atoms with Crippen LogP contribution in [0.15, 0.2) is 27.1 Å². The van der Waals surface area contributed by atoms with Crippen molar-refractivity contribution in [2.75, 3.05) is 0 Å². The Morgan fingerprint density at radius 1 is 0.929 bits per heavy atom. The van der Waals surface area contributed by atoms with Crippen LogP contribution in [0.5, 0.6) is 0 Å². The van der Waals surface area contributed by atoms with Gasteiger partial charge < -0.3 is 14.7 Å². The Labute approximate surface area is 144 Å². The molecule has 0 atom stereocenters. The molecular formula is C6H3Br2Na2O3P. The number of hydrogen-bond donors (Lipinski definition) is 0. The summed E-state index contributed by atoms with van der Waals surface area (Å²) in [6.07, 6.45) is 0. The van der Waals surface area contributed by atoms with Crippen molar-refractivity contribution in [2.45, 2.75) is 0 Å². The zero-order valence-electron chi connectivity index (χ0n) is 7.66. The molecule has 0 radical (unpaired) electrons. The molecule has 14 heavy (non-hydrogen) atoms. The van der Waals surface area contributed by atoms with Gasteiger partial charge in [-0.05, 0) is 50.1 Å². The quantitative estimate of drug-likeness (QED) is 0.370. The molecule has 0 heterocycles. The van der Waals surface area contributed by atoms with E-state index in [-0.39, 0.29) is 64.4 Å². The standard InChI is InChI=1S/C6H5Br2O3P.2Na/c7-5-2-1-4(3-6(5)8)12(9,10)11;;/h1-3H,(H2,9,10,11);;/q;2*+1/p-2. The molecule has 0 spiro atoms. The van der Waals surface area contributed by atoms with E-state index in [1.54, 1.807) is 0 Å². The summed E-state index contributed by atoms with van der Waals surface area (Å²) in [7, 11) is -4.62. The summed E-state index contributed by atoms with van der Waals surface area (Å²) >= 11 is 6.25. The first-order valence-corrected chi connectivity index (χ1v) is 6.02. The Kier molecular flexibility index (Phi) is 10.4. The fourth-order valence-corrected chi connectivity index (χ4v) is 2.00. The van der Waals surface area contributed by atoms with Crippen LogP contribution in [0.3, 0.4) is 0 Å². The largest absolute Gasteiger partial charge is 1.00 e. The molecule has 0 bridgehead atoms. The molecular weight excluding hydrogens is 357 g/mol. The molecule has 0 aliphatic heterocycles. The maximum Gasteiger partial charge on any atom is 1.00 e. The number of hydrogen-bond acceptors (Lipinski definition) is 3. The Hall–Kier alpha value is 2.49. The van der Waals surface area contributed by atoms with E-state index in [9.17, 15) is 14.7 Å². The van der Waals surface area contributed by atoms with Gasteiger partial charge in [0.1, 0.15) is 0 Å². The van der Waals surface area contributed by atoms with Crippen molar-refractivity contribution in [3.63, 3.8) is 0 Å². The van der Waals surface area contributed by atoms with E-state index in [4.69, 9.17) is 0 Å². The predicted molar refractivity (Wildman–Crippen MR) is 48.4 cm³/mol. The van der Waals surface area contributed by atoms with Crippen LogP contribution in [0.4, 0.5) is 0 Å². The summed E-state index contributed by atoms with van der Waals surface area (Å²) in [4.78, 5) is 31.6. The van der Waals surface area contributed by atoms with Gasteiger partial charge in [-0.1, -0.05) is 0 Å². The molecule has 8 heteroatoms. The average molecular weight is 360 g/mol. The maximum absolute atomic E-state index is 10.5. The Morgan fingerprint density at radius 2 is 1.43 bits per heavy atom. The van der Waals surface area contributed by atoms with E-state index in [0.717, 1.165) is 0 Å². The first-order chi connectivity index (χ1) is 5.41. The van der Waals surface area contributed by atoms with Crippen molar-refractivity contribution in [3.8, 4) is 0 Å². The first-order valence-electron chi connectivity index (χ1n) is 2.89. The molecule has 66 valence electrons. The van der Waals surface area contributed by atoms with Gasteiger partial charge in [0, 0.05) is 8.95 Å². The van der Waals surface area contributed by atoms with Gasteiger partial charge in [0.2, 0.25) is 0 Å². The molecule has 0 aromatic heterocycles. The molecule has 1 rings (SSSR count). The van der Waals surface area contributed by atoms with Gasteiger partial charge in [0.25, 0.3) is 0 Å². The van der Waals surface area contributed by atoms with Crippen molar-refractivity contribution in [3.05, 3.63) is 27.1 Å². The van der Waals surface area contributed by atoms with Gasteiger partial charge in [-0.15, -0.1) is 7.94 Å². The Balaban J connectivity index is 0. The predicted octanol–water partition coefficient (Wildman–Crippen LogP) is -6.31. The van der Waals surface area contributed by atoms with Crippen molar-refractivity contribution < 1.29 is 73.8 Å². The minimum absolute atomic E-state index is 0. The molecule has 0 N–H and O–H groups in total. The summed E-state index contributed by atoms with van der Waals surface area (Å²) in [5.74, 6) is 0. The summed E-state index contributed by atoms with van der Waals surface area (Å²) in [6.45, 7) is 0. The molecule has 0 aliphatic rings. The second kappa shape index (κ2) is 7.75. The third kappa shape index (κ3) is 5.71. The second-order valence-electron chi connectivity index (χ2n) is 2.10. The fraction of sp³-hybridized carbons (Fsp3) is 0. The number of benzene rings is 1. The summed E-state index contributed by atoms with van der Waals surface area (Å²) in [5.41, 5.74) is 0. The third-order valence-corrected chi connectivity index (χ3v) is 4.01. The second-order valence-corrected chi connectivity index (χ2v) is 5.32. The van der Waals surface area contributed by atoms with E-state index in [2.05, 4.69) is 31.9 Å². The smallest absolute Gasteiger partial charge is 0.683 e. The van der Waals surface area contributed by atoms with Crippen molar-refractivity contribution in [1.82, 2.24) is 0 Å². The van der Waals surface area contributed by atoms with Gasteiger partial charge in [-0.2, -0.15) is 0 Å². The van der Waals surface area contributed by atoms with Crippen LogP contribution in [0.2, 0.25) is 0 Å². The van der Waals surface area contributed by atoms with Gasteiger partial charge in [0.15, 0.2) is 0 Å². The Morgan fingerprint density at radius 3 is 1.79 bits per heavy atom. The summed E-state index contributed by atoms with van der Waals surface area (Å²) in [6, 6.07) is 4.03. The van der Waals surface area contributed by atoms with Crippen LogP contribution in [-0.4, -0.2) is 0 Å². The topological polar surface area (TPSA) is 69.2 Å². The van der Waals surface area contributed by atoms with Crippen LogP contribution in [0, 0.1) is 0 Å². The van der Waals surface area contributed by atoms with Crippen LogP contribution >= 0.6 is 39.8 Å². The normalized spacial score (nSPS) is 10.1. The number of rotatable bonds is 1. The van der Waals surface area contributed by atoms with Gasteiger partial charge >= 0.3 is 59.1 Å². The number of halogens is 2. The van der Waals surface area contributed by atoms with Crippen molar-refractivity contribution in [2.24, 2.45) is 0 Å². The minimum Gasteiger partial charge on any atom is -0.683 e. The summed E-state index contributed by atoms with van der Waals surface area (Å²) in [5, 5.41) is -0.211. The molecule has 0 aliphatic carbocycles. The van der Waals surface area contributed by atoms with E-state index >= 15 is 0 Å². The molecule has 0 amide bonds. The van der Waals surface area contributed by atoms with E-state index in [1.807, 2.05) is 0 Å². The Bertz CT molecular complexity index is 306. The van der Waals surface area contributed by atoms with Crippen molar-refractivity contribution >= 4 is 45.1 Å². The van der Waals surface area contributed by atoms with Gasteiger partial charge in [0.05, 0.1) is 5.30 Å². The van der Waals surface area contributed by atoms with E-state index in [1.165, 1.54) is 18.2 Å². The summed E-state index contributed by atoms with van der Waals surface area (Å²) < 4.78 is 1.26. The molecule has 1 aromatic rings. The molecule has 0 fully saturated rings. The molecule has 1 aromatic carbocycles. The molecule has 0 unspecified atom stereocenters. The third-order valence-electron chi connectivity index (χ3n) is 1.22. The van der Waals surface area contributed by atoms with Gasteiger partial charge in [-0.25, -0.2) is 0 Å². The van der Waals surface area contributed by atoms with Crippen LogP contribution in [0.25, 0.3) is 0 Å². The zero-order chi connectivity index (χ0) is 9.35. The molecule has 3 nitrogen and oxygen atoms in total. The van der Waals surface area contributed by atoms with Gasteiger partial charge in [-0.3, -0.25) is 0 Å². The van der Waals surface area contributed by atoms with Crippen LogP contribution in [-0.2, 0) is 0 Å². The zero-order valence-corrected chi connectivity index (χ0v) is 15.7. The van der Waals surface area contributed by atoms with E-state index in [0.29, 0.717) is 8.95 Å². The molecule has 0 saturated carbocycles. The van der Waals surface area contributed by atoms with Crippen LogP contribution in [0.1, 0.15) is 0 Å².